The summed E-state index contributed by atoms with van der Waals surface area (Å²) >= 11 is 5.53. The van der Waals surface area contributed by atoms with Gasteiger partial charge in [-0.05, 0) is 62.7 Å². The predicted octanol–water partition coefficient (Wildman–Crippen LogP) is 6.39. The molecular weight excluding hydrogens is 470 g/mol. The summed E-state index contributed by atoms with van der Waals surface area (Å²) in [4.78, 5) is 11.6. The van der Waals surface area contributed by atoms with E-state index in [0.717, 1.165) is 42.3 Å². The highest BCUT2D eigenvalue weighted by atomic mass is 32.1. The monoisotopic (exact) mass is 499 g/mol. The van der Waals surface area contributed by atoms with Crippen molar-refractivity contribution in [2.45, 2.75) is 38.8 Å². The maximum Gasteiger partial charge on any atom is 0.234 e. The van der Waals surface area contributed by atoms with Crippen LogP contribution in [0.2, 0.25) is 0 Å². The van der Waals surface area contributed by atoms with Crippen LogP contribution in [0.3, 0.4) is 0 Å². The van der Waals surface area contributed by atoms with Crippen LogP contribution in [0, 0.1) is 0 Å². The van der Waals surface area contributed by atoms with Crippen molar-refractivity contribution in [1.82, 2.24) is 15.3 Å². The summed E-state index contributed by atoms with van der Waals surface area (Å²) in [6.45, 7) is 3.62. The number of aromatic nitrogens is 2. The lowest BCUT2D eigenvalue weighted by Crippen LogP contribution is -2.38. The molecule has 1 saturated heterocycles. The summed E-state index contributed by atoms with van der Waals surface area (Å²) in [5.41, 5.74) is 1.03. The minimum atomic E-state index is 0.387. The fourth-order valence-corrected chi connectivity index (χ4v) is 4.42. The van der Waals surface area contributed by atoms with Gasteiger partial charge < -0.3 is 24.7 Å². The van der Waals surface area contributed by atoms with Crippen molar-refractivity contribution in [2.24, 2.45) is 0 Å². The molecule has 184 valence electrons. The van der Waals surface area contributed by atoms with Crippen molar-refractivity contribution in [3.05, 3.63) is 84.6 Å². The highest BCUT2D eigenvalue weighted by Gasteiger charge is 2.22. The van der Waals surface area contributed by atoms with E-state index in [1.807, 2.05) is 78.9 Å². The molecule has 0 unspecified atom stereocenters. The molecule has 2 N–H and O–H groups in total. The zero-order valence-electron chi connectivity index (χ0n) is 20.2. The van der Waals surface area contributed by atoms with Crippen molar-refractivity contribution < 1.29 is 9.15 Å². The number of rotatable bonds is 7. The van der Waals surface area contributed by atoms with Gasteiger partial charge in [-0.3, -0.25) is 0 Å². The third kappa shape index (κ3) is 6.01. The molecule has 3 heterocycles. The van der Waals surface area contributed by atoms with Gasteiger partial charge in [-0.15, -0.1) is 0 Å². The molecule has 0 aliphatic carbocycles. The number of hydrogen-bond acceptors (Lipinski definition) is 6. The molecule has 0 amide bonds. The van der Waals surface area contributed by atoms with E-state index in [4.69, 9.17) is 26.4 Å². The Bertz CT molecular complexity index is 1300. The molecule has 1 atom stereocenters. The van der Waals surface area contributed by atoms with E-state index in [-0.39, 0.29) is 0 Å². The largest absolute Gasteiger partial charge is 0.459 e. The van der Waals surface area contributed by atoms with Crippen molar-refractivity contribution in [2.75, 3.05) is 16.8 Å². The van der Waals surface area contributed by atoms with Gasteiger partial charge in [0.1, 0.15) is 23.1 Å². The average molecular weight is 500 g/mol. The lowest BCUT2D eigenvalue weighted by atomic mass is 10.0. The Hall–Kier alpha value is -3.91. The van der Waals surface area contributed by atoms with E-state index >= 15 is 0 Å². The van der Waals surface area contributed by atoms with Gasteiger partial charge in [0.05, 0.1) is 6.54 Å². The van der Waals surface area contributed by atoms with E-state index in [0.29, 0.717) is 35.3 Å². The number of anilines is 2. The Morgan fingerprint density at radius 1 is 1.03 bits per heavy atom. The van der Waals surface area contributed by atoms with Gasteiger partial charge in [0.25, 0.3) is 0 Å². The van der Waals surface area contributed by atoms with E-state index < -0.39 is 0 Å². The number of hydrogen-bond donors (Lipinski definition) is 2. The molecule has 5 rings (SSSR count). The Labute approximate surface area is 216 Å². The molecule has 36 heavy (non-hydrogen) atoms. The van der Waals surface area contributed by atoms with E-state index in [1.54, 1.807) is 0 Å². The number of furan rings is 1. The number of nitrogens with zero attached hydrogens (tertiary/aromatic N) is 3. The molecule has 2 aromatic carbocycles. The maximum absolute atomic E-state index is 6.04. The van der Waals surface area contributed by atoms with Gasteiger partial charge >= 0.3 is 0 Å². The van der Waals surface area contributed by atoms with Crippen LogP contribution in [-0.2, 0) is 6.54 Å². The van der Waals surface area contributed by atoms with Crippen LogP contribution in [-0.4, -0.2) is 27.7 Å². The first kappa shape index (κ1) is 23.8. The van der Waals surface area contributed by atoms with Crippen molar-refractivity contribution in [3.8, 4) is 23.0 Å². The van der Waals surface area contributed by atoms with Crippen LogP contribution < -0.4 is 20.3 Å². The molecule has 4 aromatic rings. The fraction of sp³-hybridized carbons (Fsp3) is 0.250. The second kappa shape index (κ2) is 11.2. The van der Waals surface area contributed by atoms with Crippen LogP contribution in [0.5, 0.6) is 11.6 Å². The third-order valence-corrected chi connectivity index (χ3v) is 6.37. The van der Waals surface area contributed by atoms with Crippen LogP contribution in [0.15, 0.2) is 83.3 Å². The van der Waals surface area contributed by atoms with Crippen LogP contribution in [0.4, 0.5) is 11.8 Å². The zero-order chi connectivity index (χ0) is 24.7. The quantitative estimate of drug-likeness (QED) is 0.283. The molecule has 2 aromatic heterocycles. The fourth-order valence-electron chi connectivity index (χ4n) is 4.26. The van der Waals surface area contributed by atoms with Crippen LogP contribution in [0.1, 0.15) is 31.9 Å². The van der Waals surface area contributed by atoms with Crippen LogP contribution in [0.25, 0.3) is 11.3 Å². The minimum absolute atomic E-state index is 0.387. The summed E-state index contributed by atoms with van der Waals surface area (Å²) in [6.07, 6.45) is 3.50. The van der Waals surface area contributed by atoms with Crippen molar-refractivity contribution in [1.29, 1.82) is 0 Å². The summed E-state index contributed by atoms with van der Waals surface area (Å²) in [7, 11) is 0. The Morgan fingerprint density at radius 3 is 2.58 bits per heavy atom. The topological polar surface area (TPSA) is 75.5 Å². The highest BCUT2D eigenvalue weighted by molar-refractivity contribution is 7.80. The first-order chi connectivity index (χ1) is 17.6. The molecule has 1 aliphatic rings. The molecule has 8 heteroatoms. The standard InChI is InChI=1S/C28H29N5O2S/c1-20-10-8-9-17-33(20)25-18-26(35-22-13-6-3-7-14-22)31-27(30-25)32-28(36)29-19-23-15-16-24(34-23)21-11-4-2-5-12-21/h2-7,11-16,18,20H,8-10,17,19H2,1H3,(H2,29,30,31,32,36)/t20-/m1/s1. The van der Waals surface area contributed by atoms with Gasteiger partial charge in [-0.1, -0.05) is 48.5 Å². The highest BCUT2D eigenvalue weighted by Crippen LogP contribution is 2.29. The van der Waals surface area contributed by atoms with Crippen molar-refractivity contribution in [3.63, 3.8) is 0 Å². The zero-order valence-corrected chi connectivity index (χ0v) is 21.0. The number of thiocarbonyl (C=S) groups is 1. The molecule has 0 saturated carbocycles. The summed E-state index contributed by atoms with van der Waals surface area (Å²) in [5.74, 6) is 3.99. The maximum atomic E-state index is 6.04. The molecule has 0 spiro atoms. The molecular formula is C28H29N5O2S. The summed E-state index contributed by atoms with van der Waals surface area (Å²) < 4.78 is 12.0. The Balaban J connectivity index is 1.29. The number of piperidine rings is 1. The van der Waals surface area contributed by atoms with Gasteiger partial charge in [0.2, 0.25) is 11.8 Å². The predicted molar refractivity (Wildman–Crippen MR) is 146 cm³/mol. The van der Waals surface area contributed by atoms with E-state index in [2.05, 4.69) is 27.4 Å². The van der Waals surface area contributed by atoms with Gasteiger partial charge in [-0.25, -0.2) is 0 Å². The minimum Gasteiger partial charge on any atom is -0.459 e. The number of ether oxygens (including phenoxy) is 1. The summed E-state index contributed by atoms with van der Waals surface area (Å²) in [6, 6.07) is 25.8. The van der Waals surface area contributed by atoms with Crippen LogP contribution >= 0.6 is 12.2 Å². The lowest BCUT2D eigenvalue weighted by Gasteiger charge is -2.34. The van der Waals surface area contributed by atoms with Gasteiger partial charge in [0, 0.05) is 24.2 Å². The average Bonchev–Trinajstić information content (AvgIpc) is 3.38. The normalized spacial score (nSPS) is 15.4. The van der Waals surface area contributed by atoms with E-state index in [9.17, 15) is 0 Å². The molecule has 1 fully saturated rings. The van der Waals surface area contributed by atoms with Crippen molar-refractivity contribution >= 4 is 29.1 Å². The number of nitrogens with one attached hydrogen (secondary N) is 2. The first-order valence-electron chi connectivity index (χ1n) is 12.2. The number of benzene rings is 2. The first-order valence-corrected chi connectivity index (χ1v) is 12.6. The third-order valence-electron chi connectivity index (χ3n) is 6.12. The van der Waals surface area contributed by atoms with E-state index in [1.165, 1.54) is 6.42 Å². The van der Waals surface area contributed by atoms with Gasteiger partial charge in [-0.2, -0.15) is 9.97 Å². The lowest BCUT2D eigenvalue weighted by molar-refractivity contribution is 0.457. The SMILES string of the molecule is C[C@@H]1CCCCN1c1cc(Oc2ccccc2)nc(NC(=S)NCc2ccc(-c3ccccc3)o2)n1. The molecule has 1 aliphatic heterocycles. The smallest absolute Gasteiger partial charge is 0.234 e. The second-order valence-electron chi connectivity index (χ2n) is 8.78. The molecule has 0 radical (unpaired) electrons. The second-order valence-corrected chi connectivity index (χ2v) is 9.19. The Kier molecular flexibility index (Phi) is 7.42. The van der Waals surface area contributed by atoms with Gasteiger partial charge in [0.15, 0.2) is 5.11 Å². The molecule has 0 bridgehead atoms. The molecule has 7 nitrogen and oxygen atoms in total. The number of para-hydroxylation sites is 1. The summed E-state index contributed by atoms with van der Waals surface area (Å²) in [5, 5.41) is 6.71. The Morgan fingerprint density at radius 2 is 1.81 bits per heavy atom.